The second-order valence-electron chi connectivity index (χ2n) is 4.31. The summed E-state index contributed by atoms with van der Waals surface area (Å²) in [5.41, 5.74) is 5.46. The van der Waals surface area contributed by atoms with Gasteiger partial charge in [-0.2, -0.15) is 0 Å². The molecular weight excluding hydrogens is 160 g/mol. The van der Waals surface area contributed by atoms with Crippen molar-refractivity contribution in [3.05, 3.63) is 0 Å². The van der Waals surface area contributed by atoms with Gasteiger partial charge >= 0.3 is 0 Å². The third-order valence-corrected chi connectivity index (χ3v) is 3.54. The predicted molar refractivity (Wildman–Crippen MR) is 57.6 cm³/mol. The maximum absolute atomic E-state index is 5.46. The first-order chi connectivity index (χ1) is 6.29. The zero-order chi connectivity index (χ0) is 9.68. The van der Waals surface area contributed by atoms with E-state index < -0.39 is 0 Å². The molecule has 0 aliphatic heterocycles. The quantitative estimate of drug-likeness (QED) is 0.639. The minimum atomic E-state index is 0.761. The fourth-order valence-corrected chi connectivity index (χ4v) is 2.50. The van der Waals surface area contributed by atoms with Crippen molar-refractivity contribution in [1.29, 1.82) is 0 Å². The van der Waals surface area contributed by atoms with E-state index in [4.69, 9.17) is 5.73 Å². The monoisotopic (exact) mass is 184 g/mol. The second kappa shape index (κ2) is 5.61. The van der Waals surface area contributed by atoms with E-state index in [9.17, 15) is 0 Å². The van der Waals surface area contributed by atoms with Gasteiger partial charge in [-0.1, -0.05) is 20.3 Å². The van der Waals surface area contributed by atoms with Gasteiger partial charge in [-0.25, -0.2) is 0 Å². The Labute approximate surface area is 82.3 Å². The SMILES string of the molecule is CCC1CCC(NCCCN)C1C. The first kappa shape index (κ1) is 11.0. The first-order valence-corrected chi connectivity index (χ1v) is 5.73. The minimum absolute atomic E-state index is 0.761. The molecule has 78 valence electrons. The van der Waals surface area contributed by atoms with Gasteiger partial charge in [0.25, 0.3) is 0 Å². The third-order valence-electron chi connectivity index (χ3n) is 3.54. The number of nitrogens with two attached hydrogens (primary N) is 1. The average molecular weight is 184 g/mol. The predicted octanol–water partition coefficient (Wildman–Crippen LogP) is 1.75. The molecule has 0 bridgehead atoms. The lowest BCUT2D eigenvalue weighted by Gasteiger charge is -2.20. The molecule has 0 aromatic carbocycles. The standard InChI is InChI=1S/C11H24N2/c1-3-10-5-6-11(9(10)2)13-8-4-7-12/h9-11,13H,3-8,12H2,1-2H3. The van der Waals surface area contributed by atoms with Crippen LogP contribution in [-0.2, 0) is 0 Å². The molecule has 1 aliphatic carbocycles. The van der Waals surface area contributed by atoms with Crippen molar-refractivity contribution in [1.82, 2.24) is 5.32 Å². The molecule has 3 N–H and O–H groups in total. The van der Waals surface area contributed by atoms with Gasteiger partial charge in [-0.3, -0.25) is 0 Å². The molecule has 0 aromatic heterocycles. The van der Waals surface area contributed by atoms with Gasteiger partial charge < -0.3 is 11.1 Å². The molecule has 1 saturated carbocycles. The number of rotatable bonds is 5. The molecule has 3 unspecified atom stereocenters. The zero-order valence-electron chi connectivity index (χ0n) is 9.05. The second-order valence-corrected chi connectivity index (χ2v) is 4.31. The first-order valence-electron chi connectivity index (χ1n) is 5.73. The van der Waals surface area contributed by atoms with Crippen LogP contribution in [0.15, 0.2) is 0 Å². The maximum atomic E-state index is 5.46. The van der Waals surface area contributed by atoms with E-state index in [0.717, 1.165) is 37.4 Å². The van der Waals surface area contributed by atoms with Gasteiger partial charge in [0.1, 0.15) is 0 Å². The lowest BCUT2D eigenvalue weighted by molar-refractivity contribution is 0.345. The fraction of sp³-hybridized carbons (Fsp3) is 1.00. The van der Waals surface area contributed by atoms with Crippen LogP contribution in [0.5, 0.6) is 0 Å². The molecule has 0 radical (unpaired) electrons. The third kappa shape index (κ3) is 2.96. The largest absolute Gasteiger partial charge is 0.330 e. The normalized spacial score (nSPS) is 33.9. The van der Waals surface area contributed by atoms with Crippen LogP contribution in [-0.4, -0.2) is 19.1 Å². The number of hydrogen-bond donors (Lipinski definition) is 2. The summed E-state index contributed by atoms with van der Waals surface area (Å²) in [7, 11) is 0. The van der Waals surface area contributed by atoms with E-state index in [1.54, 1.807) is 0 Å². The molecule has 1 rings (SSSR count). The van der Waals surface area contributed by atoms with Crippen molar-refractivity contribution in [2.24, 2.45) is 17.6 Å². The van der Waals surface area contributed by atoms with E-state index in [1.807, 2.05) is 0 Å². The lowest BCUT2D eigenvalue weighted by Crippen LogP contribution is -2.34. The van der Waals surface area contributed by atoms with Crippen LogP contribution >= 0.6 is 0 Å². The van der Waals surface area contributed by atoms with E-state index in [1.165, 1.54) is 19.3 Å². The lowest BCUT2D eigenvalue weighted by atomic mass is 9.93. The summed E-state index contributed by atoms with van der Waals surface area (Å²) in [5.74, 6) is 1.82. The van der Waals surface area contributed by atoms with Crippen LogP contribution in [0.1, 0.15) is 39.5 Å². The van der Waals surface area contributed by atoms with Crippen LogP contribution in [0.4, 0.5) is 0 Å². The summed E-state index contributed by atoms with van der Waals surface area (Å²) in [6.45, 7) is 6.61. The summed E-state index contributed by atoms with van der Waals surface area (Å²) in [5, 5.41) is 3.62. The smallest absolute Gasteiger partial charge is 0.00954 e. The summed E-state index contributed by atoms with van der Waals surface area (Å²) in [6.07, 6.45) is 5.23. The summed E-state index contributed by atoms with van der Waals surface area (Å²) < 4.78 is 0. The highest BCUT2D eigenvalue weighted by molar-refractivity contribution is 4.86. The molecule has 2 nitrogen and oxygen atoms in total. The highest BCUT2D eigenvalue weighted by atomic mass is 14.9. The van der Waals surface area contributed by atoms with Crippen molar-refractivity contribution >= 4 is 0 Å². The molecule has 0 aromatic rings. The molecule has 0 spiro atoms. The Morgan fingerprint density at radius 3 is 2.69 bits per heavy atom. The maximum Gasteiger partial charge on any atom is 0.00954 e. The van der Waals surface area contributed by atoms with Crippen molar-refractivity contribution < 1.29 is 0 Å². The molecule has 0 saturated heterocycles. The Hall–Kier alpha value is -0.0800. The Balaban J connectivity index is 2.20. The summed E-state index contributed by atoms with van der Waals surface area (Å²) in [6, 6.07) is 0.761. The van der Waals surface area contributed by atoms with Crippen molar-refractivity contribution in [3.63, 3.8) is 0 Å². The van der Waals surface area contributed by atoms with Crippen LogP contribution in [0, 0.1) is 11.8 Å². The molecule has 2 heteroatoms. The highest BCUT2D eigenvalue weighted by Crippen LogP contribution is 2.33. The van der Waals surface area contributed by atoms with Gasteiger partial charge in [0.15, 0.2) is 0 Å². The minimum Gasteiger partial charge on any atom is -0.330 e. The van der Waals surface area contributed by atoms with Crippen LogP contribution in [0.2, 0.25) is 0 Å². The van der Waals surface area contributed by atoms with E-state index in [0.29, 0.717) is 0 Å². The molecule has 1 fully saturated rings. The Kier molecular flexibility index (Phi) is 4.74. The molecule has 0 heterocycles. The van der Waals surface area contributed by atoms with Crippen molar-refractivity contribution in [2.45, 2.75) is 45.6 Å². The summed E-state index contributed by atoms with van der Waals surface area (Å²) in [4.78, 5) is 0. The van der Waals surface area contributed by atoms with Gasteiger partial charge in [0.05, 0.1) is 0 Å². The van der Waals surface area contributed by atoms with Gasteiger partial charge in [0.2, 0.25) is 0 Å². The van der Waals surface area contributed by atoms with E-state index in [2.05, 4.69) is 19.2 Å². The van der Waals surface area contributed by atoms with Gasteiger partial charge in [-0.05, 0) is 44.2 Å². The van der Waals surface area contributed by atoms with Crippen LogP contribution in [0.3, 0.4) is 0 Å². The van der Waals surface area contributed by atoms with Crippen molar-refractivity contribution in [3.8, 4) is 0 Å². The molecule has 13 heavy (non-hydrogen) atoms. The van der Waals surface area contributed by atoms with Gasteiger partial charge in [0, 0.05) is 6.04 Å². The fourth-order valence-electron chi connectivity index (χ4n) is 2.50. The van der Waals surface area contributed by atoms with E-state index >= 15 is 0 Å². The Bertz CT molecular complexity index is 136. The Morgan fingerprint density at radius 2 is 2.15 bits per heavy atom. The summed E-state index contributed by atoms with van der Waals surface area (Å²) >= 11 is 0. The topological polar surface area (TPSA) is 38.0 Å². The Morgan fingerprint density at radius 1 is 1.38 bits per heavy atom. The molecule has 3 atom stereocenters. The van der Waals surface area contributed by atoms with Crippen LogP contribution in [0.25, 0.3) is 0 Å². The number of nitrogens with one attached hydrogen (secondary N) is 1. The van der Waals surface area contributed by atoms with Gasteiger partial charge in [-0.15, -0.1) is 0 Å². The molecular formula is C11H24N2. The van der Waals surface area contributed by atoms with Crippen molar-refractivity contribution in [2.75, 3.05) is 13.1 Å². The average Bonchev–Trinajstić information content (AvgIpc) is 2.48. The van der Waals surface area contributed by atoms with Crippen LogP contribution < -0.4 is 11.1 Å². The van der Waals surface area contributed by atoms with E-state index in [-0.39, 0.29) is 0 Å². The zero-order valence-corrected chi connectivity index (χ0v) is 9.05. The molecule has 0 amide bonds. The number of hydrogen-bond acceptors (Lipinski definition) is 2. The molecule has 1 aliphatic rings. The highest BCUT2D eigenvalue weighted by Gasteiger charge is 2.30.